The van der Waals surface area contributed by atoms with Gasteiger partial charge in [0.2, 0.25) is 5.91 Å². The van der Waals surface area contributed by atoms with Gasteiger partial charge in [0.05, 0.1) is 18.1 Å². The number of carbonyl (C=O) groups excluding carboxylic acids is 2. The fourth-order valence-corrected chi connectivity index (χ4v) is 3.53. The summed E-state index contributed by atoms with van der Waals surface area (Å²) in [6.45, 7) is 1.93. The maximum atomic E-state index is 12.2. The second-order valence-corrected chi connectivity index (χ2v) is 7.21. The van der Waals surface area contributed by atoms with Crippen molar-refractivity contribution in [3.63, 3.8) is 0 Å². The Morgan fingerprint density at radius 3 is 2.75 bits per heavy atom. The zero-order valence-electron chi connectivity index (χ0n) is 14.9. The van der Waals surface area contributed by atoms with Crippen molar-refractivity contribution in [2.45, 2.75) is 12.1 Å². The first-order valence-corrected chi connectivity index (χ1v) is 10.2. The number of aromatic nitrogens is 3. The molecule has 144 valence electrons. The monoisotopic (exact) mass is 415 g/mol. The molecule has 8 nitrogen and oxygen atoms in total. The fourth-order valence-electron chi connectivity index (χ4n) is 2.17. The van der Waals surface area contributed by atoms with Gasteiger partial charge in [0.1, 0.15) is 11.4 Å². The topological polar surface area (TPSA) is 120 Å². The third-order valence-corrected chi connectivity index (χ3v) is 5.06. The zero-order valence-corrected chi connectivity index (χ0v) is 16.5. The van der Waals surface area contributed by atoms with Crippen LogP contribution >= 0.6 is 23.1 Å². The molecule has 0 spiro atoms. The van der Waals surface area contributed by atoms with Gasteiger partial charge in [-0.1, -0.05) is 42.1 Å². The van der Waals surface area contributed by atoms with Crippen LogP contribution in [0, 0.1) is 0 Å². The molecular weight excluding hydrogens is 398 g/mol. The Labute approximate surface area is 169 Å². The lowest BCUT2D eigenvalue weighted by atomic mass is 10.2. The summed E-state index contributed by atoms with van der Waals surface area (Å²) in [6, 6.07) is 9.71. The van der Waals surface area contributed by atoms with Gasteiger partial charge in [-0.15, -0.1) is 11.3 Å². The Hall–Kier alpha value is -2.98. The van der Waals surface area contributed by atoms with E-state index >= 15 is 0 Å². The molecule has 3 aromatic rings. The molecule has 1 amide bonds. The van der Waals surface area contributed by atoms with Crippen molar-refractivity contribution in [1.82, 2.24) is 15.0 Å². The molecule has 0 radical (unpaired) electrons. The van der Waals surface area contributed by atoms with Crippen molar-refractivity contribution in [2.24, 2.45) is 0 Å². The molecule has 28 heavy (non-hydrogen) atoms. The molecule has 0 saturated carbocycles. The van der Waals surface area contributed by atoms with Crippen molar-refractivity contribution < 1.29 is 14.3 Å². The van der Waals surface area contributed by atoms with Gasteiger partial charge in [-0.2, -0.15) is 0 Å². The smallest absolute Gasteiger partial charge is 0.343 e. The second-order valence-electron chi connectivity index (χ2n) is 5.41. The third-order valence-electron chi connectivity index (χ3n) is 3.44. The summed E-state index contributed by atoms with van der Waals surface area (Å²) >= 11 is 2.46. The first-order chi connectivity index (χ1) is 13.6. The summed E-state index contributed by atoms with van der Waals surface area (Å²) in [5.74, 6) is -0.718. The van der Waals surface area contributed by atoms with Crippen LogP contribution in [0.25, 0.3) is 11.3 Å². The van der Waals surface area contributed by atoms with E-state index in [2.05, 4.69) is 20.3 Å². The number of rotatable bonds is 7. The van der Waals surface area contributed by atoms with Gasteiger partial charge in [0.15, 0.2) is 10.3 Å². The molecule has 0 atom stereocenters. The predicted molar refractivity (Wildman–Crippen MR) is 109 cm³/mol. The van der Waals surface area contributed by atoms with Crippen molar-refractivity contribution >= 4 is 45.9 Å². The van der Waals surface area contributed by atoms with Crippen LogP contribution in [-0.4, -0.2) is 39.2 Å². The Bertz CT molecular complexity index is 978. The van der Waals surface area contributed by atoms with Crippen LogP contribution in [0.1, 0.15) is 17.3 Å². The SMILES string of the molecule is CCOC(=O)c1cnc(SCC(=O)Nc2nc(-c3ccccc3)cs2)nc1N. The number of anilines is 2. The highest BCUT2D eigenvalue weighted by Gasteiger charge is 2.15. The number of benzene rings is 1. The summed E-state index contributed by atoms with van der Waals surface area (Å²) in [5, 5.41) is 5.45. The molecule has 3 N–H and O–H groups in total. The highest BCUT2D eigenvalue weighted by atomic mass is 32.2. The van der Waals surface area contributed by atoms with E-state index in [-0.39, 0.29) is 29.6 Å². The number of nitrogens with one attached hydrogen (secondary N) is 1. The van der Waals surface area contributed by atoms with Crippen LogP contribution < -0.4 is 11.1 Å². The third kappa shape index (κ3) is 5.05. The van der Waals surface area contributed by atoms with Crippen LogP contribution in [0.4, 0.5) is 10.9 Å². The largest absolute Gasteiger partial charge is 0.462 e. The number of nitrogens with two attached hydrogens (primary N) is 1. The summed E-state index contributed by atoms with van der Waals surface area (Å²) < 4.78 is 4.87. The molecule has 0 aliphatic heterocycles. The van der Waals surface area contributed by atoms with Gasteiger partial charge < -0.3 is 15.8 Å². The average Bonchev–Trinajstić information content (AvgIpc) is 3.15. The predicted octanol–water partition coefficient (Wildman–Crippen LogP) is 3.09. The number of nitrogen functional groups attached to an aromatic ring is 1. The first kappa shape index (κ1) is 19.8. The van der Waals surface area contributed by atoms with Gasteiger partial charge in [0, 0.05) is 17.1 Å². The molecule has 3 rings (SSSR count). The maximum absolute atomic E-state index is 12.2. The van der Waals surface area contributed by atoms with E-state index in [1.165, 1.54) is 17.5 Å². The number of hydrogen-bond acceptors (Lipinski definition) is 9. The van der Waals surface area contributed by atoms with E-state index in [0.29, 0.717) is 10.3 Å². The first-order valence-electron chi connectivity index (χ1n) is 8.30. The summed E-state index contributed by atoms with van der Waals surface area (Å²) in [4.78, 5) is 36.3. The van der Waals surface area contributed by atoms with E-state index < -0.39 is 5.97 Å². The highest BCUT2D eigenvalue weighted by molar-refractivity contribution is 7.99. The molecule has 0 unspecified atom stereocenters. The maximum Gasteiger partial charge on any atom is 0.343 e. The summed E-state index contributed by atoms with van der Waals surface area (Å²) in [5.41, 5.74) is 7.66. The molecule has 0 fully saturated rings. The van der Waals surface area contributed by atoms with Crippen LogP contribution in [-0.2, 0) is 9.53 Å². The van der Waals surface area contributed by atoms with Crippen LogP contribution in [0.15, 0.2) is 47.1 Å². The van der Waals surface area contributed by atoms with Crippen molar-refractivity contribution in [1.29, 1.82) is 0 Å². The number of thiazole rings is 1. The highest BCUT2D eigenvalue weighted by Crippen LogP contribution is 2.25. The van der Waals surface area contributed by atoms with Gasteiger partial charge in [-0.05, 0) is 6.92 Å². The van der Waals surface area contributed by atoms with E-state index in [1.807, 2.05) is 35.7 Å². The number of nitrogens with zero attached hydrogens (tertiary/aromatic N) is 3. The molecular formula is C18H17N5O3S2. The van der Waals surface area contributed by atoms with E-state index in [4.69, 9.17) is 10.5 Å². The Morgan fingerprint density at radius 1 is 1.25 bits per heavy atom. The minimum atomic E-state index is -0.577. The summed E-state index contributed by atoms with van der Waals surface area (Å²) in [6.07, 6.45) is 1.30. The zero-order chi connectivity index (χ0) is 19.9. The van der Waals surface area contributed by atoms with Crippen molar-refractivity contribution in [2.75, 3.05) is 23.4 Å². The minimum Gasteiger partial charge on any atom is -0.462 e. The molecule has 10 heteroatoms. The van der Waals surface area contributed by atoms with Gasteiger partial charge in [0.25, 0.3) is 0 Å². The number of thioether (sulfide) groups is 1. The van der Waals surface area contributed by atoms with Crippen molar-refractivity contribution in [3.05, 3.63) is 47.5 Å². The number of hydrogen-bond donors (Lipinski definition) is 2. The van der Waals surface area contributed by atoms with E-state index in [1.54, 1.807) is 6.92 Å². The number of amides is 1. The summed E-state index contributed by atoms with van der Waals surface area (Å²) in [7, 11) is 0. The standard InChI is InChI=1S/C18H17N5O3S2/c1-2-26-16(25)12-8-20-17(23-15(12)19)28-10-14(24)22-18-21-13(9-27-18)11-6-4-3-5-7-11/h3-9H,2,10H2,1H3,(H2,19,20,23)(H,21,22,24). The number of carbonyl (C=O) groups is 2. The van der Waals surface area contributed by atoms with Crippen LogP contribution in [0.3, 0.4) is 0 Å². The lowest BCUT2D eigenvalue weighted by molar-refractivity contribution is -0.113. The van der Waals surface area contributed by atoms with Gasteiger partial charge in [-0.3, -0.25) is 4.79 Å². The molecule has 0 bridgehead atoms. The molecule has 2 aromatic heterocycles. The molecule has 0 aliphatic rings. The molecule has 0 saturated heterocycles. The Kier molecular flexibility index (Phi) is 6.56. The number of ether oxygens (including phenoxy) is 1. The Morgan fingerprint density at radius 2 is 2.04 bits per heavy atom. The normalized spacial score (nSPS) is 10.5. The Balaban J connectivity index is 1.55. The van der Waals surface area contributed by atoms with E-state index in [0.717, 1.165) is 23.0 Å². The molecule has 1 aromatic carbocycles. The van der Waals surface area contributed by atoms with E-state index in [9.17, 15) is 9.59 Å². The van der Waals surface area contributed by atoms with Crippen LogP contribution in [0.5, 0.6) is 0 Å². The fraction of sp³-hybridized carbons (Fsp3) is 0.167. The average molecular weight is 416 g/mol. The lowest BCUT2D eigenvalue weighted by Gasteiger charge is -2.06. The van der Waals surface area contributed by atoms with Crippen LogP contribution in [0.2, 0.25) is 0 Å². The molecule has 2 heterocycles. The van der Waals surface area contributed by atoms with Gasteiger partial charge >= 0.3 is 5.97 Å². The lowest BCUT2D eigenvalue weighted by Crippen LogP contribution is -2.15. The van der Waals surface area contributed by atoms with Gasteiger partial charge in [-0.25, -0.2) is 19.7 Å². The second kappa shape index (κ2) is 9.29. The van der Waals surface area contributed by atoms with Crippen molar-refractivity contribution in [3.8, 4) is 11.3 Å². The number of esters is 1. The minimum absolute atomic E-state index is 0.0174. The molecule has 0 aliphatic carbocycles. The quantitative estimate of drug-likeness (QED) is 0.343.